The van der Waals surface area contributed by atoms with Gasteiger partial charge in [-0.25, -0.2) is 15.0 Å². The van der Waals surface area contributed by atoms with Crippen molar-refractivity contribution in [1.82, 2.24) is 19.5 Å². The highest BCUT2D eigenvalue weighted by Crippen LogP contribution is 2.53. The number of aromatic nitrogens is 4. The number of hydrogen-bond donors (Lipinski definition) is 0. The Morgan fingerprint density at radius 1 is 0.491 bits per heavy atom. The molecule has 3 heterocycles. The summed E-state index contributed by atoms with van der Waals surface area (Å²) in [5.41, 5.74) is 11.7. The van der Waals surface area contributed by atoms with Crippen LogP contribution in [0.2, 0.25) is 0 Å². The van der Waals surface area contributed by atoms with Gasteiger partial charge in [-0.2, -0.15) is 0 Å². The van der Waals surface area contributed by atoms with Gasteiger partial charge >= 0.3 is 0 Å². The van der Waals surface area contributed by atoms with Crippen LogP contribution in [-0.4, -0.2) is 19.5 Å². The molecule has 10 aromatic rings. The zero-order valence-electron chi connectivity index (χ0n) is 29.2. The second kappa shape index (κ2) is 11.3. The molecule has 3 aromatic heterocycles. The van der Waals surface area contributed by atoms with Crippen molar-refractivity contribution in [3.8, 4) is 51.0 Å². The zero-order valence-corrected chi connectivity index (χ0v) is 30.0. The molecule has 4 nitrogen and oxygen atoms in total. The van der Waals surface area contributed by atoms with Crippen LogP contribution in [0, 0.1) is 0 Å². The van der Waals surface area contributed by atoms with Crippen LogP contribution in [-0.2, 0) is 5.41 Å². The first kappa shape index (κ1) is 30.2. The maximum atomic E-state index is 5.23. The van der Waals surface area contributed by atoms with E-state index in [1.54, 1.807) is 11.3 Å². The third-order valence-corrected chi connectivity index (χ3v) is 12.2. The topological polar surface area (TPSA) is 43.6 Å². The highest BCUT2D eigenvalue weighted by Gasteiger charge is 2.38. The summed E-state index contributed by atoms with van der Waals surface area (Å²) >= 11 is 1.79. The smallest absolute Gasteiger partial charge is 0.165 e. The number of fused-ring (bicyclic) bond motifs is 10. The monoisotopic (exact) mass is 696 g/mol. The van der Waals surface area contributed by atoms with Gasteiger partial charge in [-0.15, -0.1) is 11.3 Å². The minimum Gasteiger partial charge on any atom is -0.309 e. The van der Waals surface area contributed by atoms with E-state index in [0.717, 1.165) is 22.4 Å². The van der Waals surface area contributed by atoms with Crippen LogP contribution >= 0.6 is 11.3 Å². The number of para-hydroxylation sites is 1. The average Bonchev–Trinajstić information content (AvgIpc) is 3.84. The van der Waals surface area contributed by atoms with Crippen molar-refractivity contribution in [3.05, 3.63) is 169 Å². The largest absolute Gasteiger partial charge is 0.309 e. The molecule has 1 aliphatic rings. The molecular formula is C48H32N4S. The summed E-state index contributed by atoms with van der Waals surface area (Å²) < 4.78 is 4.84. The van der Waals surface area contributed by atoms with Gasteiger partial charge in [0.2, 0.25) is 0 Å². The Hall–Kier alpha value is -6.43. The van der Waals surface area contributed by atoms with Crippen LogP contribution < -0.4 is 0 Å². The van der Waals surface area contributed by atoms with Crippen LogP contribution in [0.15, 0.2) is 158 Å². The highest BCUT2D eigenvalue weighted by molar-refractivity contribution is 7.26. The molecule has 0 spiro atoms. The van der Waals surface area contributed by atoms with Crippen LogP contribution in [0.4, 0.5) is 0 Å². The molecule has 0 radical (unpaired) electrons. The lowest BCUT2D eigenvalue weighted by atomic mass is 9.80. The summed E-state index contributed by atoms with van der Waals surface area (Å²) in [6.45, 7) is 4.73. The lowest BCUT2D eigenvalue weighted by Crippen LogP contribution is -2.15. The van der Waals surface area contributed by atoms with E-state index in [9.17, 15) is 0 Å². The Kier molecular flexibility index (Phi) is 6.43. The highest BCUT2D eigenvalue weighted by atomic mass is 32.1. The average molecular weight is 697 g/mol. The van der Waals surface area contributed by atoms with E-state index in [0.29, 0.717) is 17.5 Å². The van der Waals surface area contributed by atoms with Gasteiger partial charge in [0.05, 0.1) is 11.0 Å². The van der Waals surface area contributed by atoms with Crippen molar-refractivity contribution in [2.45, 2.75) is 19.3 Å². The number of benzene rings is 7. The van der Waals surface area contributed by atoms with E-state index >= 15 is 0 Å². The van der Waals surface area contributed by atoms with Crippen molar-refractivity contribution in [3.63, 3.8) is 0 Å². The Morgan fingerprint density at radius 2 is 1.15 bits per heavy atom. The van der Waals surface area contributed by atoms with E-state index in [2.05, 4.69) is 158 Å². The fraction of sp³-hybridized carbons (Fsp3) is 0.0625. The number of hydrogen-bond acceptors (Lipinski definition) is 4. The van der Waals surface area contributed by atoms with Crippen molar-refractivity contribution < 1.29 is 0 Å². The number of nitrogens with zero attached hydrogens (tertiary/aromatic N) is 4. The van der Waals surface area contributed by atoms with E-state index in [4.69, 9.17) is 15.0 Å². The predicted octanol–water partition coefficient (Wildman–Crippen LogP) is 12.6. The molecule has 1 aliphatic carbocycles. The fourth-order valence-electron chi connectivity index (χ4n) is 8.66. The summed E-state index contributed by atoms with van der Waals surface area (Å²) in [7, 11) is 0. The van der Waals surface area contributed by atoms with Gasteiger partial charge in [-0.3, -0.25) is 0 Å². The molecule has 0 atom stereocenters. The molecule has 53 heavy (non-hydrogen) atoms. The Labute approximate surface area is 310 Å². The molecule has 7 aromatic carbocycles. The van der Waals surface area contributed by atoms with Gasteiger partial charge in [0.25, 0.3) is 0 Å². The zero-order chi connectivity index (χ0) is 35.3. The van der Waals surface area contributed by atoms with E-state index in [-0.39, 0.29) is 5.41 Å². The first-order valence-electron chi connectivity index (χ1n) is 18.0. The second-order valence-electron chi connectivity index (χ2n) is 14.4. The molecule has 0 saturated carbocycles. The van der Waals surface area contributed by atoms with Crippen molar-refractivity contribution >= 4 is 53.3 Å². The van der Waals surface area contributed by atoms with Crippen molar-refractivity contribution in [1.29, 1.82) is 0 Å². The van der Waals surface area contributed by atoms with Gasteiger partial charge < -0.3 is 4.57 Å². The van der Waals surface area contributed by atoms with Gasteiger partial charge in [0.15, 0.2) is 17.5 Å². The van der Waals surface area contributed by atoms with E-state index in [1.807, 2.05) is 18.2 Å². The summed E-state index contributed by atoms with van der Waals surface area (Å²) in [5.74, 6) is 1.97. The summed E-state index contributed by atoms with van der Waals surface area (Å²) in [6.07, 6.45) is 0. The first-order chi connectivity index (χ1) is 26.0. The van der Waals surface area contributed by atoms with Crippen molar-refractivity contribution in [2.75, 3.05) is 0 Å². The SMILES string of the molecule is CC1(C)c2ccccc2-c2ccc3c(c21)c1ccccc1n3-c1cccc(-c2nc(-c3ccccc3)nc(-c3cccc4c3sc3ccccc34)n2)c1. The van der Waals surface area contributed by atoms with Crippen LogP contribution in [0.1, 0.15) is 25.0 Å². The van der Waals surface area contributed by atoms with Gasteiger partial charge in [0.1, 0.15) is 0 Å². The van der Waals surface area contributed by atoms with Gasteiger partial charge in [-0.1, -0.05) is 135 Å². The van der Waals surface area contributed by atoms with Crippen LogP contribution in [0.5, 0.6) is 0 Å². The molecular weight excluding hydrogens is 665 g/mol. The molecule has 0 fully saturated rings. The molecule has 0 aliphatic heterocycles. The van der Waals surface area contributed by atoms with E-state index in [1.165, 1.54) is 64.2 Å². The minimum absolute atomic E-state index is 0.130. The molecule has 0 bridgehead atoms. The fourth-order valence-corrected chi connectivity index (χ4v) is 9.87. The maximum Gasteiger partial charge on any atom is 0.165 e. The Bertz CT molecular complexity index is 3100. The summed E-state index contributed by atoms with van der Waals surface area (Å²) in [5, 5.41) is 5.05. The Balaban J connectivity index is 1.13. The quantitative estimate of drug-likeness (QED) is 0.184. The van der Waals surface area contributed by atoms with Crippen LogP contribution in [0.3, 0.4) is 0 Å². The summed E-state index contributed by atoms with van der Waals surface area (Å²) in [4.78, 5) is 15.5. The molecule has 0 saturated heterocycles. The third kappa shape index (κ3) is 4.44. The molecule has 250 valence electrons. The lowest BCUT2D eigenvalue weighted by Gasteiger charge is -2.22. The minimum atomic E-state index is -0.130. The summed E-state index contributed by atoms with van der Waals surface area (Å²) in [6, 6.07) is 56.2. The van der Waals surface area contributed by atoms with Crippen molar-refractivity contribution in [2.24, 2.45) is 0 Å². The maximum absolute atomic E-state index is 5.23. The van der Waals surface area contributed by atoms with Crippen LogP contribution in [0.25, 0.3) is 93.0 Å². The van der Waals surface area contributed by atoms with Gasteiger partial charge in [0, 0.05) is 58.7 Å². The Morgan fingerprint density at radius 3 is 2.04 bits per heavy atom. The third-order valence-electron chi connectivity index (χ3n) is 11.0. The first-order valence-corrected chi connectivity index (χ1v) is 18.9. The second-order valence-corrected chi connectivity index (χ2v) is 15.5. The molecule has 0 N–H and O–H groups in total. The molecule has 5 heteroatoms. The normalized spacial score (nSPS) is 13.2. The predicted molar refractivity (Wildman–Crippen MR) is 221 cm³/mol. The molecule has 0 unspecified atom stereocenters. The van der Waals surface area contributed by atoms with Gasteiger partial charge in [-0.05, 0) is 58.7 Å². The lowest BCUT2D eigenvalue weighted by molar-refractivity contribution is 0.666. The standard InChI is InChI=1S/C48H32N4S/c1-48(2)38-23-9-6-18-32(38)34-26-27-40-42(43(34)48)36-20-7-10-24-39(36)52(40)31-17-12-16-30(28-31)46-49-45(29-14-4-3-5-15-29)50-47(51-46)37-22-13-21-35-33-19-8-11-25-41(33)53-44(35)37/h3-28H,1-2H3. The van der Waals surface area contributed by atoms with E-state index < -0.39 is 0 Å². The number of rotatable bonds is 4. The molecule has 11 rings (SSSR count). The molecule has 0 amide bonds. The number of thiophene rings is 1.